The first-order valence-electron chi connectivity index (χ1n) is 13.4. The summed E-state index contributed by atoms with van der Waals surface area (Å²) in [6, 6.07) is 14.3. The van der Waals surface area contributed by atoms with Gasteiger partial charge in [-0.05, 0) is 42.8 Å². The second-order valence-electron chi connectivity index (χ2n) is 11.9. The van der Waals surface area contributed by atoms with E-state index in [1.165, 1.54) is 5.56 Å². The zero-order valence-electron chi connectivity index (χ0n) is 23.9. The smallest absolute Gasteiger partial charge is 0.228 e. The van der Waals surface area contributed by atoms with E-state index in [0.29, 0.717) is 19.1 Å². The normalized spacial score (nSPS) is 16.9. The quantitative estimate of drug-likeness (QED) is 0.272. The van der Waals surface area contributed by atoms with Crippen LogP contribution in [-0.4, -0.2) is 49.2 Å². The van der Waals surface area contributed by atoms with Gasteiger partial charge in [-0.3, -0.25) is 4.68 Å². The first-order valence-corrected chi connectivity index (χ1v) is 16.3. The number of anilines is 2. The predicted molar refractivity (Wildman–Crippen MR) is 156 cm³/mol. The van der Waals surface area contributed by atoms with Crippen molar-refractivity contribution < 1.29 is 9.53 Å². The third kappa shape index (κ3) is 5.55. The Hall–Kier alpha value is -3.31. The van der Waals surface area contributed by atoms with E-state index in [-0.39, 0.29) is 11.1 Å². The van der Waals surface area contributed by atoms with Gasteiger partial charge in [0.2, 0.25) is 5.95 Å². The summed E-state index contributed by atoms with van der Waals surface area (Å²) in [5.41, 5.74) is 5.10. The number of hydrogen-bond acceptors (Lipinski definition) is 7. The Balaban J connectivity index is 1.39. The van der Waals surface area contributed by atoms with E-state index in [9.17, 15) is 5.11 Å². The Labute approximate surface area is 231 Å². The van der Waals surface area contributed by atoms with Crippen LogP contribution in [0.3, 0.4) is 0 Å². The number of aliphatic hydroxyl groups excluding tert-OH is 1. The van der Waals surface area contributed by atoms with Crippen LogP contribution in [0.1, 0.15) is 50.0 Å². The topological polar surface area (TPSA) is 93.3 Å². The highest BCUT2D eigenvalue weighted by molar-refractivity contribution is 6.74. The molecule has 9 nitrogen and oxygen atoms in total. The van der Waals surface area contributed by atoms with Gasteiger partial charge in [0.25, 0.3) is 0 Å². The molecule has 206 valence electrons. The standard InChI is InChI=1S/C29H39N7O2Si/c1-20-9-8-10-21(15-20)25(19-38-39(6,7)29(2,3)4)36-18-23-16-22(17-35(23)28(36)37)24-11-13-30-27(32-24)33-26-12-14-31-34(26)5/h8-17,25,28,37H,18-19H2,1-7H3,(H,30,32,33)/t25-,28?/m1/s1. The lowest BCUT2D eigenvalue weighted by atomic mass is 10.0. The number of rotatable bonds is 8. The van der Waals surface area contributed by atoms with E-state index in [1.54, 1.807) is 17.1 Å². The number of aliphatic hydroxyl groups is 1. The second-order valence-corrected chi connectivity index (χ2v) is 16.7. The van der Waals surface area contributed by atoms with Gasteiger partial charge < -0.3 is 19.4 Å². The fourth-order valence-electron chi connectivity index (χ4n) is 4.66. The van der Waals surface area contributed by atoms with Gasteiger partial charge in [-0.2, -0.15) is 5.10 Å². The number of aromatic nitrogens is 5. The van der Waals surface area contributed by atoms with Crippen molar-refractivity contribution >= 4 is 20.1 Å². The fourth-order valence-corrected chi connectivity index (χ4v) is 5.67. The van der Waals surface area contributed by atoms with E-state index in [4.69, 9.17) is 9.41 Å². The summed E-state index contributed by atoms with van der Waals surface area (Å²) in [7, 11) is -0.117. The van der Waals surface area contributed by atoms with Gasteiger partial charge in [0, 0.05) is 43.3 Å². The lowest BCUT2D eigenvalue weighted by molar-refractivity contribution is -0.0695. The summed E-state index contributed by atoms with van der Waals surface area (Å²) in [6.07, 6.45) is 4.62. The van der Waals surface area contributed by atoms with E-state index in [2.05, 4.69) is 91.4 Å². The molecule has 0 amide bonds. The van der Waals surface area contributed by atoms with Crippen LogP contribution in [0.15, 0.2) is 61.1 Å². The molecule has 3 aromatic heterocycles. The highest BCUT2D eigenvalue weighted by atomic mass is 28.4. The number of nitrogens with zero attached hydrogens (tertiary/aromatic N) is 6. The molecular formula is C29H39N7O2Si. The molecule has 0 saturated heterocycles. The van der Waals surface area contributed by atoms with Crippen LogP contribution in [0.25, 0.3) is 11.3 Å². The fraction of sp³-hybridized carbons (Fsp3) is 0.414. The highest BCUT2D eigenvalue weighted by Crippen LogP contribution is 2.40. The highest BCUT2D eigenvalue weighted by Gasteiger charge is 2.40. The minimum atomic E-state index is -1.98. The molecule has 0 saturated carbocycles. The second kappa shape index (κ2) is 10.3. The molecule has 1 unspecified atom stereocenters. The number of aryl methyl sites for hydroxylation is 2. The Morgan fingerprint density at radius 1 is 1.15 bits per heavy atom. The lowest BCUT2D eigenvalue weighted by Crippen LogP contribution is -2.43. The van der Waals surface area contributed by atoms with Crippen molar-refractivity contribution in [3.05, 3.63) is 77.9 Å². The zero-order valence-corrected chi connectivity index (χ0v) is 24.9. The molecule has 5 rings (SSSR count). The maximum absolute atomic E-state index is 11.5. The van der Waals surface area contributed by atoms with Gasteiger partial charge in [-0.15, -0.1) is 0 Å². The van der Waals surface area contributed by atoms with Crippen LogP contribution in [-0.2, 0) is 18.0 Å². The van der Waals surface area contributed by atoms with Crippen molar-refractivity contribution in [2.75, 3.05) is 11.9 Å². The molecule has 0 spiro atoms. The van der Waals surface area contributed by atoms with Crippen molar-refractivity contribution in [2.24, 2.45) is 7.05 Å². The van der Waals surface area contributed by atoms with Crippen molar-refractivity contribution in [3.8, 4) is 11.3 Å². The molecule has 0 bridgehead atoms. The van der Waals surface area contributed by atoms with Crippen LogP contribution in [0, 0.1) is 6.92 Å². The van der Waals surface area contributed by atoms with Crippen LogP contribution in [0.5, 0.6) is 0 Å². The molecule has 0 aliphatic carbocycles. The molecule has 2 atom stereocenters. The van der Waals surface area contributed by atoms with E-state index in [1.807, 2.05) is 29.9 Å². The Morgan fingerprint density at radius 2 is 1.95 bits per heavy atom. The first-order chi connectivity index (χ1) is 18.4. The van der Waals surface area contributed by atoms with Gasteiger partial charge in [-0.25, -0.2) is 14.9 Å². The molecule has 10 heteroatoms. The van der Waals surface area contributed by atoms with Gasteiger partial charge >= 0.3 is 0 Å². The third-order valence-electron chi connectivity index (χ3n) is 8.07. The van der Waals surface area contributed by atoms with Crippen molar-refractivity contribution in [3.63, 3.8) is 0 Å². The average Bonchev–Trinajstić information content (AvgIpc) is 3.56. The molecule has 0 fully saturated rings. The summed E-state index contributed by atoms with van der Waals surface area (Å²) in [6.45, 7) is 14.5. The minimum absolute atomic E-state index is 0.0777. The van der Waals surface area contributed by atoms with E-state index >= 15 is 0 Å². The Morgan fingerprint density at radius 3 is 2.62 bits per heavy atom. The minimum Gasteiger partial charge on any atom is -0.415 e. The molecule has 4 heterocycles. The predicted octanol–water partition coefficient (Wildman–Crippen LogP) is 5.76. The Kier molecular flexibility index (Phi) is 7.23. The average molecular weight is 546 g/mol. The molecule has 1 aliphatic rings. The largest absolute Gasteiger partial charge is 0.415 e. The molecule has 0 radical (unpaired) electrons. The van der Waals surface area contributed by atoms with Crippen LogP contribution < -0.4 is 5.32 Å². The zero-order chi connectivity index (χ0) is 27.9. The summed E-state index contributed by atoms with van der Waals surface area (Å²) in [5.74, 6) is 1.30. The molecule has 39 heavy (non-hydrogen) atoms. The number of fused-ring (bicyclic) bond motifs is 1. The third-order valence-corrected chi connectivity index (χ3v) is 12.6. The van der Waals surface area contributed by atoms with Crippen LogP contribution in [0.4, 0.5) is 11.8 Å². The van der Waals surface area contributed by atoms with Gasteiger partial charge in [0.15, 0.2) is 14.7 Å². The van der Waals surface area contributed by atoms with Gasteiger partial charge in [0.05, 0.1) is 24.5 Å². The van der Waals surface area contributed by atoms with Gasteiger partial charge in [-0.1, -0.05) is 50.6 Å². The summed E-state index contributed by atoms with van der Waals surface area (Å²) in [5, 5.41) is 19.0. The van der Waals surface area contributed by atoms with Crippen molar-refractivity contribution in [1.29, 1.82) is 0 Å². The van der Waals surface area contributed by atoms with E-state index in [0.717, 1.165) is 28.3 Å². The number of nitrogens with one attached hydrogen (secondary N) is 1. The summed E-state index contributed by atoms with van der Waals surface area (Å²) < 4.78 is 10.4. The monoisotopic (exact) mass is 545 g/mol. The maximum Gasteiger partial charge on any atom is 0.228 e. The molecule has 1 aromatic carbocycles. The SMILES string of the molecule is Cc1cccc([C@@H](CO[Si](C)(C)C(C)(C)C)N2Cc3cc(-c4ccnc(Nc5ccnn5C)n4)cn3C2O)c1. The molecule has 1 aliphatic heterocycles. The first kappa shape index (κ1) is 27.3. The number of benzene rings is 1. The molecule has 4 aromatic rings. The maximum atomic E-state index is 11.5. The Bertz CT molecular complexity index is 1460. The van der Waals surface area contributed by atoms with E-state index < -0.39 is 14.7 Å². The summed E-state index contributed by atoms with van der Waals surface area (Å²) >= 11 is 0. The van der Waals surface area contributed by atoms with Crippen LogP contribution >= 0.6 is 0 Å². The lowest BCUT2D eigenvalue weighted by Gasteiger charge is -2.39. The summed E-state index contributed by atoms with van der Waals surface area (Å²) in [4.78, 5) is 11.2. The molecular weight excluding hydrogens is 506 g/mol. The van der Waals surface area contributed by atoms with Crippen LogP contribution in [0.2, 0.25) is 18.1 Å². The van der Waals surface area contributed by atoms with Crippen molar-refractivity contribution in [1.82, 2.24) is 29.2 Å². The molecule has 2 N–H and O–H groups in total. The van der Waals surface area contributed by atoms with Crippen molar-refractivity contribution in [2.45, 2.75) is 64.8 Å². The van der Waals surface area contributed by atoms with Gasteiger partial charge in [0.1, 0.15) is 5.82 Å². The number of hydrogen-bond donors (Lipinski definition) is 2.